The Balaban J connectivity index is 1.96. The number of rotatable bonds is 5. The number of hydrogen-bond donors (Lipinski definition) is 2. The molecular weight excluding hydrogens is 374 g/mol. The predicted octanol–water partition coefficient (Wildman–Crippen LogP) is 2.53. The minimum absolute atomic E-state index is 0.0526. The molecule has 10 nitrogen and oxygen atoms in total. The molecule has 1 aromatic heterocycles. The van der Waals surface area contributed by atoms with Crippen LogP contribution in [0.3, 0.4) is 0 Å². The van der Waals surface area contributed by atoms with E-state index in [1.54, 1.807) is 36.4 Å². The van der Waals surface area contributed by atoms with Gasteiger partial charge >= 0.3 is 0 Å². The normalized spacial score (nSPS) is 10.3. The molecule has 0 saturated carbocycles. The zero-order chi connectivity index (χ0) is 20.8. The first-order valence-electron chi connectivity index (χ1n) is 8.11. The van der Waals surface area contributed by atoms with Crippen LogP contribution in [0.1, 0.15) is 16.7 Å². The van der Waals surface area contributed by atoms with E-state index in [1.807, 2.05) is 6.07 Å². The van der Waals surface area contributed by atoms with Crippen molar-refractivity contribution >= 4 is 17.9 Å². The Morgan fingerprint density at radius 1 is 1.14 bits per heavy atom. The number of nitro benzene ring substituents is 1. The number of nitrogens with one attached hydrogen (secondary N) is 2. The Labute approximate surface area is 163 Å². The van der Waals surface area contributed by atoms with Gasteiger partial charge in [-0.15, -0.1) is 0 Å². The van der Waals surface area contributed by atoms with Crippen molar-refractivity contribution in [3.8, 4) is 23.4 Å². The number of para-hydroxylation sites is 1. The molecule has 140 valence electrons. The molecular formula is C19H11N7O3. The van der Waals surface area contributed by atoms with Gasteiger partial charge in [0.2, 0.25) is 5.95 Å². The predicted molar refractivity (Wildman–Crippen MR) is 104 cm³/mol. The first-order chi connectivity index (χ1) is 14.0. The second-order valence-electron chi connectivity index (χ2n) is 5.60. The van der Waals surface area contributed by atoms with Gasteiger partial charge in [0.25, 0.3) is 11.2 Å². The van der Waals surface area contributed by atoms with Gasteiger partial charge in [-0.05, 0) is 12.1 Å². The number of nitrogens with zero attached hydrogens (tertiary/aromatic N) is 5. The van der Waals surface area contributed by atoms with Gasteiger partial charge in [0.05, 0.1) is 22.4 Å². The number of H-pyrrole nitrogens is 1. The number of nitriles is 2. The molecule has 0 aliphatic heterocycles. The quantitative estimate of drug-likeness (QED) is 0.387. The Hall–Kier alpha value is -4.83. The second kappa shape index (κ2) is 8.24. The number of aromatic nitrogens is 2. The zero-order valence-corrected chi connectivity index (χ0v) is 14.7. The fourth-order valence-electron chi connectivity index (χ4n) is 2.56. The van der Waals surface area contributed by atoms with Crippen molar-refractivity contribution in [2.75, 3.05) is 5.43 Å². The lowest BCUT2D eigenvalue weighted by atomic mass is 10.1. The number of benzene rings is 2. The molecule has 0 aliphatic carbocycles. The first kappa shape index (κ1) is 18.9. The molecule has 0 spiro atoms. The van der Waals surface area contributed by atoms with Crippen LogP contribution in [0.2, 0.25) is 0 Å². The van der Waals surface area contributed by atoms with E-state index < -0.39 is 10.5 Å². The summed E-state index contributed by atoms with van der Waals surface area (Å²) >= 11 is 0. The van der Waals surface area contributed by atoms with Crippen molar-refractivity contribution in [3.63, 3.8) is 0 Å². The van der Waals surface area contributed by atoms with E-state index in [1.165, 1.54) is 18.2 Å². The van der Waals surface area contributed by atoms with Crippen LogP contribution in [0.25, 0.3) is 11.3 Å². The van der Waals surface area contributed by atoms with Gasteiger partial charge < -0.3 is 0 Å². The van der Waals surface area contributed by atoms with E-state index >= 15 is 0 Å². The maximum Gasteiger partial charge on any atom is 0.295 e. The number of hydrogen-bond acceptors (Lipinski definition) is 8. The monoisotopic (exact) mass is 385 g/mol. The molecule has 0 unspecified atom stereocenters. The minimum atomic E-state index is -0.671. The lowest BCUT2D eigenvalue weighted by Gasteiger charge is -2.06. The van der Waals surface area contributed by atoms with E-state index in [0.717, 1.165) is 6.21 Å². The summed E-state index contributed by atoms with van der Waals surface area (Å²) in [5.74, 6) is -0.0526. The summed E-state index contributed by atoms with van der Waals surface area (Å²) in [6.07, 6.45) is 1.14. The van der Waals surface area contributed by atoms with Crippen molar-refractivity contribution in [2.45, 2.75) is 0 Å². The summed E-state index contributed by atoms with van der Waals surface area (Å²) in [6, 6.07) is 16.5. The molecule has 29 heavy (non-hydrogen) atoms. The first-order valence-corrected chi connectivity index (χ1v) is 8.11. The van der Waals surface area contributed by atoms with Crippen molar-refractivity contribution < 1.29 is 4.92 Å². The van der Waals surface area contributed by atoms with Crippen molar-refractivity contribution in [1.29, 1.82) is 10.5 Å². The topological polar surface area (TPSA) is 161 Å². The van der Waals surface area contributed by atoms with Crippen molar-refractivity contribution in [1.82, 2.24) is 9.97 Å². The Kier molecular flexibility index (Phi) is 5.39. The molecule has 3 aromatic rings. The molecule has 0 aliphatic rings. The van der Waals surface area contributed by atoms with E-state index in [4.69, 9.17) is 5.26 Å². The van der Waals surface area contributed by atoms with Crippen LogP contribution in [-0.4, -0.2) is 21.1 Å². The van der Waals surface area contributed by atoms with Gasteiger partial charge in [0.1, 0.15) is 23.3 Å². The molecule has 0 bridgehead atoms. The molecule has 1 heterocycles. The Bertz CT molecular complexity index is 1250. The maximum atomic E-state index is 12.2. The third-order valence-electron chi connectivity index (χ3n) is 3.82. The second-order valence-corrected chi connectivity index (χ2v) is 5.60. The highest BCUT2D eigenvalue weighted by Gasteiger charge is 2.18. The van der Waals surface area contributed by atoms with E-state index in [2.05, 4.69) is 20.5 Å². The third-order valence-corrected chi connectivity index (χ3v) is 3.82. The molecule has 0 radical (unpaired) electrons. The Morgan fingerprint density at radius 3 is 2.55 bits per heavy atom. The summed E-state index contributed by atoms with van der Waals surface area (Å²) in [7, 11) is 0. The standard InChI is InChI=1S/C19H11N7O3/c20-9-13-7-4-8-14(17(13)26(28)29)11-22-25-19-23-16(12-5-2-1-3-6-12)15(10-21)18(27)24-19/h1-8,11H,(H2,23,24,25,27). The number of hydrazone groups is 1. The fourth-order valence-corrected chi connectivity index (χ4v) is 2.56. The minimum Gasteiger partial charge on any atom is -0.290 e. The van der Waals surface area contributed by atoms with Gasteiger partial charge in [0, 0.05) is 5.56 Å². The molecule has 0 fully saturated rings. The van der Waals surface area contributed by atoms with Crippen LogP contribution in [0, 0.1) is 32.8 Å². The highest BCUT2D eigenvalue weighted by Crippen LogP contribution is 2.22. The van der Waals surface area contributed by atoms with Gasteiger partial charge in [0.15, 0.2) is 0 Å². The van der Waals surface area contributed by atoms with Crippen LogP contribution < -0.4 is 11.0 Å². The van der Waals surface area contributed by atoms with Crippen LogP contribution in [0.5, 0.6) is 0 Å². The summed E-state index contributed by atoms with van der Waals surface area (Å²) in [5, 5.41) is 33.4. The smallest absolute Gasteiger partial charge is 0.290 e. The van der Waals surface area contributed by atoms with Crippen LogP contribution in [-0.2, 0) is 0 Å². The third kappa shape index (κ3) is 3.97. The molecule has 0 amide bonds. The number of aromatic amines is 1. The summed E-state index contributed by atoms with van der Waals surface area (Å²) in [4.78, 5) is 29.3. The zero-order valence-electron chi connectivity index (χ0n) is 14.7. The van der Waals surface area contributed by atoms with E-state index in [0.29, 0.717) is 5.56 Å². The number of nitro groups is 1. The molecule has 10 heteroatoms. The number of anilines is 1. The van der Waals surface area contributed by atoms with Crippen molar-refractivity contribution in [2.24, 2.45) is 5.10 Å². The highest BCUT2D eigenvalue weighted by atomic mass is 16.6. The summed E-state index contributed by atoms with van der Waals surface area (Å²) in [6.45, 7) is 0. The molecule has 0 saturated heterocycles. The summed E-state index contributed by atoms with van der Waals surface area (Å²) in [5.41, 5.74) is 2.04. The molecule has 0 atom stereocenters. The van der Waals surface area contributed by atoms with E-state index in [-0.39, 0.29) is 34.0 Å². The SMILES string of the molecule is N#Cc1cccc(C=NNc2nc(-c3ccccc3)c(C#N)c(=O)[nH]2)c1[N+](=O)[O-]. The molecule has 2 N–H and O–H groups in total. The van der Waals surface area contributed by atoms with Crippen molar-refractivity contribution in [3.05, 3.63) is 85.7 Å². The van der Waals surface area contributed by atoms with Crippen LogP contribution >= 0.6 is 0 Å². The fraction of sp³-hybridized carbons (Fsp3) is 0. The average molecular weight is 385 g/mol. The van der Waals surface area contributed by atoms with Crippen LogP contribution in [0.15, 0.2) is 58.4 Å². The van der Waals surface area contributed by atoms with Gasteiger partial charge in [-0.1, -0.05) is 36.4 Å². The maximum absolute atomic E-state index is 12.2. The largest absolute Gasteiger partial charge is 0.295 e. The van der Waals surface area contributed by atoms with E-state index in [9.17, 15) is 20.2 Å². The van der Waals surface area contributed by atoms with Gasteiger partial charge in [-0.3, -0.25) is 19.9 Å². The highest BCUT2D eigenvalue weighted by molar-refractivity contribution is 5.87. The van der Waals surface area contributed by atoms with Crippen LogP contribution in [0.4, 0.5) is 11.6 Å². The average Bonchev–Trinajstić information content (AvgIpc) is 2.73. The summed E-state index contributed by atoms with van der Waals surface area (Å²) < 4.78 is 0. The van der Waals surface area contributed by atoms with Gasteiger partial charge in [-0.2, -0.15) is 15.6 Å². The molecule has 3 rings (SSSR count). The molecule has 2 aromatic carbocycles. The lowest BCUT2D eigenvalue weighted by Crippen LogP contribution is -2.16. The lowest BCUT2D eigenvalue weighted by molar-refractivity contribution is -0.385. The Morgan fingerprint density at radius 2 is 1.90 bits per heavy atom. The van der Waals surface area contributed by atoms with Gasteiger partial charge in [-0.25, -0.2) is 10.4 Å².